The number of nitrogens with one attached hydrogen (secondary N) is 2. The van der Waals surface area contributed by atoms with Crippen molar-refractivity contribution in [3.05, 3.63) is 24.3 Å². The second-order valence-corrected chi connectivity index (χ2v) is 7.56. The minimum absolute atomic E-state index is 0.134. The second-order valence-electron chi connectivity index (χ2n) is 5.68. The van der Waals surface area contributed by atoms with Gasteiger partial charge in [-0.1, -0.05) is 6.07 Å². The largest absolute Gasteiger partial charge is 0.382 e. The van der Waals surface area contributed by atoms with Gasteiger partial charge in [0.05, 0.1) is 10.5 Å². The van der Waals surface area contributed by atoms with Crippen molar-refractivity contribution in [1.29, 1.82) is 0 Å². The number of rotatable bonds is 4. The second kappa shape index (κ2) is 5.71. The van der Waals surface area contributed by atoms with Crippen molar-refractivity contribution in [2.45, 2.75) is 43.2 Å². The summed E-state index contributed by atoms with van der Waals surface area (Å²) in [6, 6.07) is 7.18. The lowest BCUT2D eigenvalue weighted by atomic mass is 9.94. The lowest BCUT2D eigenvalue weighted by Gasteiger charge is -2.36. The van der Waals surface area contributed by atoms with Crippen molar-refractivity contribution in [1.82, 2.24) is 4.72 Å². The molecule has 2 N–H and O–H groups in total. The van der Waals surface area contributed by atoms with Crippen molar-refractivity contribution < 1.29 is 13.2 Å². The molecule has 1 fully saturated rings. The standard InChI is InChI=1S/C14H22N2O3S/c1-14(2)10-12(7-8-19-14)16-11-5-4-6-13(9-11)20(17,18)15-3/h4-6,9,12,15-16H,7-8,10H2,1-3H3. The summed E-state index contributed by atoms with van der Waals surface area (Å²) in [4.78, 5) is 0.274. The third-order valence-corrected chi connectivity index (χ3v) is 4.89. The Morgan fingerprint density at radius 1 is 1.35 bits per heavy atom. The fraction of sp³-hybridized carbons (Fsp3) is 0.571. The monoisotopic (exact) mass is 298 g/mol. The molecule has 5 nitrogen and oxygen atoms in total. The average molecular weight is 298 g/mol. The van der Waals surface area contributed by atoms with Gasteiger partial charge in [-0.2, -0.15) is 0 Å². The van der Waals surface area contributed by atoms with E-state index < -0.39 is 10.0 Å². The zero-order chi connectivity index (χ0) is 14.8. The minimum Gasteiger partial charge on any atom is -0.382 e. The Bertz CT molecular complexity index is 570. The first-order valence-electron chi connectivity index (χ1n) is 6.76. The lowest BCUT2D eigenvalue weighted by Crippen LogP contribution is -2.40. The molecular weight excluding hydrogens is 276 g/mol. The SMILES string of the molecule is CNS(=O)(=O)c1cccc(NC2CCOC(C)(C)C2)c1. The average Bonchev–Trinajstić information content (AvgIpc) is 2.38. The van der Waals surface area contributed by atoms with E-state index in [9.17, 15) is 8.42 Å². The van der Waals surface area contributed by atoms with Gasteiger partial charge in [0.15, 0.2) is 0 Å². The maximum atomic E-state index is 11.8. The van der Waals surface area contributed by atoms with E-state index in [2.05, 4.69) is 23.9 Å². The van der Waals surface area contributed by atoms with Crippen LogP contribution in [-0.2, 0) is 14.8 Å². The zero-order valence-electron chi connectivity index (χ0n) is 12.1. The molecule has 0 spiro atoms. The van der Waals surface area contributed by atoms with Gasteiger partial charge >= 0.3 is 0 Å². The Hall–Kier alpha value is -1.11. The van der Waals surface area contributed by atoms with Crippen molar-refractivity contribution in [2.75, 3.05) is 19.0 Å². The lowest BCUT2D eigenvalue weighted by molar-refractivity contribution is -0.0553. The van der Waals surface area contributed by atoms with Gasteiger partial charge in [-0.15, -0.1) is 0 Å². The fourth-order valence-electron chi connectivity index (χ4n) is 2.46. The Labute approximate surface area is 120 Å². The maximum absolute atomic E-state index is 11.8. The highest BCUT2D eigenvalue weighted by molar-refractivity contribution is 7.89. The van der Waals surface area contributed by atoms with E-state index in [1.54, 1.807) is 18.2 Å². The molecule has 112 valence electrons. The van der Waals surface area contributed by atoms with E-state index in [-0.39, 0.29) is 10.5 Å². The van der Waals surface area contributed by atoms with Crippen LogP contribution in [0.1, 0.15) is 26.7 Å². The van der Waals surface area contributed by atoms with Gasteiger partial charge in [0.2, 0.25) is 10.0 Å². The molecule has 0 saturated carbocycles. The smallest absolute Gasteiger partial charge is 0.240 e. The summed E-state index contributed by atoms with van der Waals surface area (Å²) in [6.45, 7) is 4.87. The van der Waals surface area contributed by atoms with Crippen LogP contribution < -0.4 is 10.0 Å². The topological polar surface area (TPSA) is 67.4 Å². The molecule has 0 amide bonds. The summed E-state index contributed by atoms with van der Waals surface area (Å²) in [7, 11) is -1.99. The predicted molar refractivity (Wildman–Crippen MR) is 79.4 cm³/mol. The quantitative estimate of drug-likeness (QED) is 0.892. The molecule has 0 bridgehead atoms. The Kier molecular flexibility index (Phi) is 4.36. The number of benzene rings is 1. The molecule has 1 aliphatic heterocycles. The molecule has 1 aromatic carbocycles. The molecule has 1 atom stereocenters. The van der Waals surface area contributed by atoms with E-state index in [4.69, 9.17) is 4.74 Å². The normalized spacial score (nSPS) is 22.4. The highest BCUT2D eigenvalue weighted by Crippen LogP contribution is 2.27. The van der Waals surface area contributed by atoms with Crippen molar-refractivity contribution in [3.63, 3.8) is 0 Å². The molecule has 1 aliphatic rings. The summed E-state index contributed by atoms with van der Waals surface area (Å²) in [6.07, 6.45) is 1.82. The number of ether oxygens (including phenoxy) is 1. The molecule has 1 unspecified atom stereocenters. The van der Waals surface area contributed by atoms with Crippen LogP contribution in [0.4, 0.5) is 5.69 Å². The molecule has 1 aromatic rings. The number of sulfonamides is 1. The Balaban J connectivity index is 2.13. The van der Waals surface area contributed by atoms with Crippen LogP contribution in [0.25, 0.3) is 0 Å². The van der Waals surface area contributed by atoms with Crippen molar-refractivity contribution >= 4 is 15.7 Å². The maximum Gasteiger partial charge on any atom is 0.240 e. The van der Waals surface area contributed by atoms with Crippen LogP contribution in [0.2, 0.25) is 0 Å². The summed E-state index contributed by atoms with van der Waals surface area (Å²) in [5.74, 6) is 0. The van der Waals surface area contributed by atoms with Crippen LogP contribution in [0.15, 0.2) is 29.2 Å². The highest BCUT2D eigenvalue weighted by atomic mass is 32.2. The number of hydrogen-bond donors (Lipinski definition) is 2. The summed E-state index contributed by atoms with van der Waals surface area (Å²) in [5, 5.41) is 3.40. The molecule has 0 radical (unpaired) electrons. The van der Waals surface area contributed by atoms with Crippen LogP contribution in [-0.4, -0.2) is 33.7 Å². The molecular formula is C14H22N2O3S. The van der Waals surface area contributed by atoms with Crippen LogP contribution in [0.3, 0.4) is 0 Å². The van der Waals surface area contributed by atoms with E-state index in [0.717, 1.165) is 25.1 Å². The number of hydrogen-bond acceptors (Lipinski definition) is 4. The first-order chi connectivity index (χ1) is 9.32. The van der Waals surface area contributed by atoms with E-state index >= 15 is 0 Å². The number of anilines is 1. The van der Waals surface area contributed by atoms with E-state index in [1.807, 2.05) is 6.07 Å². The minimum atomic E-state index is -3.40. The Morgan fingerprint density at radius 3 is 2.75 bits per heavy atom. The summed E-state index contributed by atoms with van der Waals surface area (Å²) >= 11 is 0. The van der Waals surface area contributed by atoms with Gasteiger partial charge in [0, 0.05) is 18.3 Å². The van der Waals surface area contributed by atoms with E-state index in [1.165, 1.54) is 7.05 Å². The Morgan fingerprint density at radius 2 is 2.10 bits per heavy atom. The first-order valence-corrected chi connectivity index (χ1v) is 8.25. The van der Waals surface area contributed by atoms with Crippen LogP contribution in [0.5, 0.6) is 0 Å². The summed E-state index contributed by atoms with van der Waals surface area (Å²) < 4.78 is 31.6. The molecule has 20 heavy (non-hydrogen) atoms. The van der Waals surface area contributed by atoms with Crippen molar-refractivity contribution in [3.8, 4) is 0 Å². The van der Waals surface area contributed by atoms with Gasteiger partial charge in [-0.3, -0.25) is 0 Å². The molecule has 2 rings (SSSR count). The van der Waals surface area contributed by atoms with Crippen LogP contribution in [0, 0.1) is 0 Å². The molecule has 0 aromatic heterocycles. The van der Waals surface area contributed by atoms with Gasteiger partial charge in [0.25, 0.3) is 0 Å². The zero-order valence-corrected chi connectivity index (χ0v) is 13.0. The van der Waals surface area contributed by atoms with Crippen LogP contribution >= 0.6 is 0 Å². The molecule has 1 saturated heterocycles. The summed E-state index contributed by atoms with van der Waals surface area (Å²) in [5.41, 5.74) is 0.689. The van der Waals surface area contributed by atoms with Gasteiger partial charge < -0.3 is 10.1 Å². The molecule has 0 aliphatic carbocycles. The third-order valence-electron chi connectivity index (χ3n) is 3.48. The first kappa shape index (κ1) is 15.3. The van der Waals surface area contributed by atoms with Gasteiger partial charge in [-0.25, -0.2) is 13.1 Å². The van der Waals surface area contributed by atoms with Gasteiger partial charge in [0.1, 0.15) is 0 Å². The highest BCUT2D eigenvalue weighted by Gasteiger charge is 2.28. The molecule has 6 heteroatoms. The van der Waals surface area contributed by atoms with E-state index in [0.29, 0.717) is 6.04 Å². The third kappa shape index (κ3) is 3.71. The fourth-order valence-corrected chi connectivity index (χ4v) is 3.24. The van der Waals surface area contributed by atoms with Gasteiger partial charge in [-0.05, 0) is 51.9 Å². The van der Waals surface area contributed by atoms with Crippen molar-refractivity contribution in [2.24, 2.45) is 0 Å². The predicted octanol–water partition coefficient (Wildman–Crippen LogP) is 1.96. The molecule has 1 heterocycles.